The molecule has 1 saturated heterocycles. The Morgan fingerprint density at radius 2 is 2.11 bits per heavy atom. The van der Waals surface area contributed by atoms with E-state index in [-0.39, 0.29) is 5.91 Å². The van der Waals surface area contributed by atoms with Crippen LogP contribution in [0.2, 0.25) is 0 Å². The van der Waals surface area contributed by atoms with Crippen molar-refractivity contribution < 1.29 is 14.7 Å². The van der Waals surface area contributed by atoms with Gasteiger partial charge < -0.3 is 10.0 Å². The highest BCUT2D eigenvalue weighted by molar-refractivity contribution is 5.97. The summed E-state index contributed by atoms with van der Waals surface area (Å²) in [6.07, 6.45) is 1.23. The summed E-state index contributed by atoms with van der Waals surface area (Å²) in [6.45, 7) is 3.93. The summed E-state index contributed by atoms with van der Waals surface area (Å²) in [5.74, 6) is -1.22. The van der Waals surface area contributed by atoms with Crippen molar-refractivity contribution >= 4 is 11.9 Å². The van der Waals surface area contributed by atoms with Crippen molar-refractivity contribution in [3.8, 4) is 0 Å². The van der Waals surface area contributed by atoms with E-state index in [1.165, 1.54) is 4.90 Å². The maximum absolute atomic E-state index is 12.3. The second kappa shape index (κ2) is 4.72. The van der Waals surface area contributed by atoms with Crippen molar-refractivity contribution in [2.75, 3.05) is 6.54 Å². The highest BCUT2D eigenvalue weighted by atomic mass is 16.4. The van der Waals surface area contributed by atoms with E-state index in [1.807, 2.05) is 0 Å². The monoisotopic (exact) mass is 249 g/mol. The SMILES string of the molecule is Cc1cc(C(=O)N2CCC[C@H]2C(=O)O)c(C)nn1. The molecule has 0 aromatic carbocycles. The molecule has 0 saturated carbocycles. The predicted molar refractivity (Wildman–Crippen MR) is 63.2 cm³/mol. The Labute approximate surface area is 105 Å². The summed E-state index contributed by atoms with van der Waals surface area (Å²) in [7, 11) is 0. The van der Waals surface area contributed by atoms with Crippen LogP contribution < -0.4 is 0 Å². The Balaban J connectivity index is 2.31. The second-order valence-corrected chi connectivity index (χ2v) is 4.48. The number of aromatic nitrogens is 2. The normalized spacial score (nSPS) is 19.0. The van der Waals surface area contributed by atoms with Gasteiger partial charge in [-0.2, -0.15) is 10.2 Å². The molecule has 1 aliphatic rings. The van der Waals surface area contributed by atoms with Crippen LogP contribution in [-0.2, 0) is 4.79 Å². The van der Waals surface area contributed by atoms with Crippen LogP contribution in [0.25, 0.3) is 0 Å². The van der Waals surface area contributed by atoms with Gasteiger partial charge in [-0.15, -0.1) is 0 Å². The molecule has 0 radical (unpaired) electrons. The van der Waals surface area contributed by atoms with E-state index in [1.54, 1.807) is 19.9 Å². The fourth-order valence-electron chi connectivity index (χ4n) is 2.19. The van der Waals surface area contributed by atoms with Crippen LogP contribution in [0.15, 0.2) is 6.07 Å². The first-order valence-electron chi connectivity index (χ1n) is 5.85. The van der Waals surface area contributed by atoms with Crippen molar-refractivity contribution in [1.29, 1.82) is 0 Å². The molecule has 1 aromatic heterocycles. The van der Waals surface area contributed by atoms with E-state index in [4.69, 9.17) is 5.11 Å². The highest BCUT2D eigenvalue weighted by Crippen LogP contribution is 2.21. The Kier molecular flexibility index (Phi) is 3.27. The van der Waals surface area contributed by atoms with Gasteiger partial charge in [0.2, 0.25) is 0 Å². The fraction of sp³-hybridized carbons (Fsp3) is 0.500. The summed E-state index contributed by atoms with van der Waals surface area (Å²) in [6, 6.07) is 0.937. The van der Waals surface area contributed by atoms with E-state index < -0.39 is 12.0 Å². The minimum atomic E-state index is -0.947. The van der Waals surface area contributed by atoms with Crippen molar-refractivity contribution in [2.45, 2.75) is 32.7 Å². The molecule has 2 heterocycles. The summed E-state index contributed by atoms with van der Waals surface area (Å²) >= 11 is 0. The molecule has 1 aromatic rings. The van der Waals surface area contributed by atoms with Crippen LogP contribution >= 0.6 is 0 Å². The topological polar surface area (TPSA) is 83.4 Å². The average Bonchev–Trinajstić information content (AvgIpc) is 2.80. The van der Waals surface area contributed by atoms with E-state index >= 15 is 0 Å². The smallest absolute Gasteiger partial charge is 0.326 e. The van der Waals surface area contributed by atoms with Crippen molar-refractivity contribution in [3.63, 3.8) is 0 Å². The number of likely N-dealkylation sites (tertiary alicyclic amines) is 1. The van der Waals surface area contributed by atoms with Crippen LogP contribution in [0.3, 0.4) is 0 Å². The lowest BCUT2D eigenvalue weighted by Crippen LogP contribution is -2.40. The van der Waals surface area contributed by atoms with Crippen molar-refractivity contribution in [3.05, 3.63) is 23.0 Å². The molecule has 6 nitrogen and oxygen atoms in total. The third-order valence-corrected chi connectivity index (χ3v) is 3.13. The molecule has 2 rings (SSSR count). The minimum Gasteiger partial charge on any atom is -0.480 e. The number of aryl methyl sites for hydroxylation is 2. The molecule has 6 heteroatoms. The molecular formula is C12H15N3O3. The summed E-state index contributed by atoms with van der Waals surface area (Å²) in [4.78, 5) is 24.8. The number of carboxylic acids is 1. The number of rotatable bonds is 2. The molecule has 1 aliphatic heterocycles. The van der Waals surface area contributed by atoms with E-state index in [0.717, 1.165) is 6.42 Å². The molecular weight excluding hydrogens is 234 g/mol. The molecule has 0 aliphatic carbocycles. The van der Waals surface area contributed by atoms with Gasteiger partial charge in [-0.1, -0.05) is 0 Å². The van der Waals surface area contributed by atoms with Gasteiger partial charge in [-0.3, -0.25) is 4.79 Å². The average molecular weight is 249 g/mol. The third-order valence-electron chi connectivity index (χ3n) is 3.13. The van der Waals surface area contributed by atoms with E-state index in [9.17, 15) is 9.59 Å². The molecule has 1 amide bonds. The van der Waals surface area contributed by atoms with Gasteiger partial charge in [-0.25, -0.2) is 4.79 Å². The van der Waals surface area contributed by atoms with Crippen LogP contribution in [0.1, 0.15) is 34.6 Å². The minimum absolute atomic E-state index is 0.268. The number of aliphatic carboxylic acids is 1. The highest BCUT2D eigenvalue weighted by Gasteiger charge is 2.35. The van der Waals surface area contributed by atoms with Crippen LogP contribution in [-0.4, -0.2) is 44.7 Å². The van der Waals surface area contributed by atoms with Crippen molar-refractivity contribution in [1.82, 2.24) is 15.1 Å². The van der Waals surface area contributed by atoms with Gasteiger partial charge in [-0.05, 0) is 32.8 Å². The Bertz CT molecular complexity index is 501. The summed E-state index contributed by atoms with van der Waals surface area (Å²) in [5, 5.41) is 16.8. The number of amides is 1. The van der Waals surface area contributed by atoms with Gasteiger partial charge in [0, 0.05) is 6.54 Å². The zero-order valence-electron chi connectivity index (χ0n) is 10.4. The predicted octanol–water partition coefficient (Wildman–Crippen LogP) is 0.783. The first kappa shape index (κ1) is 12.5. The third kappa shape index (κ3) is 2.18. The van der Waals surface area contributed by atoms with Crippen LogP contribution in [0.4, 0.5) is 0 Å². The number of carboxylic acid groups (broad SMARTS) is 1. The largest absolute Gasteiger partial charge is 0.480 e. The number of hydrogen-bond acceptors (Lipinski definition) is 4. The maximum Gasteiger partial charge on any atom is 0.326 e. The number of nitrogens with zero attached hydrogens (tertiary/aromatic N) is 3. The molecule has 1 N–H and O–H groups in total. The zero-order valence-corrected chi connectivity index (χ0v) is 10.4. The summed E-state index contributed by atoms with van der Waals surface area (Å²) in [5.41, 5.74) is 1.62. The van der Waals surface area contributed by atoms with Gasteiger partial charge in [0.25, 0.3) is 5.91 Å². The standard InChI is InChI=1S/C12H15N3O3/c1-7-6-9(8(2)14-13-7)11(16)15-5-3-4-10(15)12(17)18/h6,10H,3-5H2,1-2H3,(H,17,18)/t10-/m0/s1. The number of hydrogen-bond donors (Lipinski definition) is 1. The second-order valence-electron chi connectivity index (χ2n) is 4.48. The lowest BCUT2D eigenvalue weighted by molar-refractivity contribution is -0.141. The molecule has 1 atom stereocenters. The van der Waals surface area contributed by atoms with Gasteiger partial charge in [0.1, 0.15) is 6.04 Å². The molecule has 0 bridgehead atoms. The quantitative estimate of drug-likeness (QED) is 0.837. The van der Waals surface area contributed by atoms with Gasteiger partial charge >= 0.3 is 5.97 Å². The molecule has 96 valence electrons. The maximum atomic E-state index is 12.3. The number of carbonyl (C=O) groups excluding carboxylic acids is 1. The van der Waals surface area contributed by atoms with Crippen LogP contribution in [0, 0.1) is 13.8 Å². The lowest BCUT2D eigenvalue weighted by Gasteiger charge is -2.21. The Morgan fingerprint density at radius 1 is 1.39 bits per heavy atom. The van der Waals surface area contributed by atoms with Gasteiger partial charge in [0.15, 0.2) is 0 Å². The van der Waals surface area contributed by atoms with E-state index in [2.05, 4.69) is 10.2 Å². The molecule has 0 spiro atoms. The fourth-order valence-corrected chi connectivity index (χ4v) is 2.19. The first-order valence-corrected chi connectivity index (χ1v) is 5.85. The molecule has 18 heavy (non-hydrogen) atoms. The lowest BCUT2D eigenvalue weighted by atomic mass is 10.1. The molecule has 1 fully saturated rings. The van der Waals surface area contributed by atoms with E-state index in [0.29, 0.717) is 29.9 Å². The zero-order chi connectivity index (χ0) is 13.3. The molecule has 0 unspecified atom stereocenters. The van der Waals surface area contributed by atoms with Gasteiger partial charge in [0.05, 0.1) is 17.0 Å². The Morgan fingerprint density at radius 3 is 2.78 bits per heavy atom. The van der Waals surface area contributed by atoms with Crippen LogP contribution in [0.5, 0.6) is 0 Å². The summed E-state index contributed by atoms with van der Waals surface area (Å²) < 4.78 is 0. The number of carbonyl (C=O) groups is 2. The first-order chi connectivity index (χ1) is 8.50. The Hall–Kier alpha value is -1.98. The van der Waals surface area contributed by atoms with Crippen molar-refractivity contribution in [2.24, 2.45) is 0 Å².